The average molecular weight is 274 g/mol. The van der Waals surface area contributed by atoms with Crippen molar-refractivity contribution in [1.29, 1.82) is 0 Å². The van der Waals surface area contributed by atoms with Crippen LogP contribution in [-0.2, 0) is 11.3 Å². The molecule has 1 unspecified atom stereocenters. The van der Waals surface area contributed by atoms with Gasteiger partial charge in [0.2, 0.25) is 5.91 Å². The Kier molecular flexibility index (Phi) is 3.50. The second-order valence-electron chi connectivity index (χ2n) is 4.09. The largest absolute Gasteiger partial charge is 0.497 e. The number of hydrogen-bond acceptors (Lipinski definition) is 2. The number of carbonyl (C=O) groups excluding carboxylic acids is 1. The molecule has 0 radical (unpaired) electrons. The highest BCUT2D eigenvalue weighted by atomic mass is 35.5. The number of rotatable bonds is 4. The van der Waals surface area contributed by atoms with Crippen molar-refractivity contribution >= 4 is 29.1 Å². The Morgan fingerprint density at radius 3 is 2.88 bits per heavy atom. The summed E-state index contributed by atoms with van der Waals surface area (Å²) < 4.78 is 4.24. The number of hydrogen-bond donors (Lipinski definition) is 1. The maximum absolute atomic E-state index is 11.6. The lowest BCUT2D eigenvalue weighted by Gasteiger charge is -2.06. The quantitative estimate of drug-likeness (QED) is 0.857. The Balaban J connectivity index is 1.87. The van der Waals surface area contributed by atoms with Gasteiger partial charge in [-0.15, -0.1) is 23.2 Å². The number of ether oxygens (including phenoxy) is 1. The summed E-state index contributed by atoms with van der Waals surface area (Å²) in [4.78, 5) is 11.6. The number of amides is 1. The van der Waals surface area contributed by atoms with Gasteiger partial charge in [0, 0.05) is 6.54 Å². The van der Waals surface area contributed by atoms with Crippen LogP contribution in [0.2, 0.25) is 0 Å². The molecule has 3 nitrogen and oxygen atoms in total. The van der Waals surface area contributed by atoms with Gasteiger partial charge in [0.15, 0.2) is 0 Å². The number of alkyl halides is 2. The van der Waals surface area contributed by atoms with E-state index in [2.05, 4.69) is 5.32 Å². The van der Waals surface area contributed by atoms with Crippen LogP contribution in [0.1, 0.15) is 12.0 Å². The molecule has 5 heteroatoms. The molecule has 17 heavy (non-hydrogen) atoms. The summed E-state index contributed by atoms with van der Waals surface area (Å²) >= 11 is 11.6. The molecule has 0 aliphatic heterocycles. The molecule has 2 rings (SSSR count). The summed E-state index contributed by atoms with van der Waals surface area (Å²) in [6.45, 7) is 0.455. The van der Waals surface area contributed by atoms with Gasteiger partial charge in [-0.1, -0.05) is 12.1 Å². The maximum Gasteiger partial charge on any atom is 0.226 e. The van der Waals surface area contributed by atoms with Crippen molar-refractivity contribution in [3.8, 4) is 5.75 Å². The van der Waals surface area contributed by atoms with Crippen LogP contribution in [0.25, 0.3) is 0 Å². The number of methoxy groups -OCH3 is 1. The monoisotopic (exact) mass is 273 g/mol. The molecule has 1 amide bonds. The third-order valence-corrected chi connectivity index (χ3v) is 3.58. The Labute approximate surface area is 110 Å². The molecule has 0 aromatic heterocycles. The van der Waals surface area contributed by atoms with Gasteiger partial charge < -0.3 is 10.1 Å². The third-order valence-electron chi connectivity index (χ3n) is 2.74. The Bertz CT molecular complexity index is 434. The lowest BCUT2D eigenvalue weighted by molar-refractivity contribution is -0.122. The van der Waals surface area contributed by atoms with Crippen LogP contribution in [0.4, 0.5) is 0 Å². The highest BCUT2D eigenvalue weighted by Gasteiger charge is 2.56. The molecule has 0 spiro atoms. The van der Waals surface area contributed by atoms with Crippen LogP contribution in [0.5, 0.6) is 5.75 Å². The van der Waals surface area contributed by atoms with Crippen molar-refractivity contribution in [3.05, 3.63) is 29.8 Å². The standard InChI is InChI=1S/C12H13Cl2NO2/c1-17-9-4-2-3-8(5-9)7-15-11(16)10-6-12(10,13)14/h2-5,10H,6-7H2,1H3,(H,15,16). The first-order valence-corrected chi connectivity index (χ1v) is 6.07. The smallest absolute Gasteiger partial charge is 0.226 e. The van der Waals surface area contributed by atoms with Gasteiger partial charge in [0.1, 0.15) is 10.1 Å². The fourth-order valence-corrected chi connectivity index (χ4v) is 2.10. The zero-order chi connectivity index (χ0) is 12.5. The minimum atomic E-state index is -0.863. The van der Waals surface area contributed by atoms with Crippen LogP contribution in [-0.4, -0.2) is 17.4 Å². The molecule has 1 aliphatic carbocycles. The van der Waals surface area contributed by atoms with Crippen molar-refractivity contribution in [2.45, 2.75) is 17.3 Å². The van der Waals surface area contributed by atoms with E-state index < -0.39 is 4.33 Å². The molecule has 0 saturated heterocycles. The SMILES string of the molecule is COc1cccc(CNC(=O)C2CC2(Cl)Cl)c1. The minimum absolute atomic E-state index is 0.0992. The molecule has 0 bridgehead atoms. The van der Waals surface area contributed by atoms with Crippen LogP contribution in [0.15, 0.2) is 24.3 Å². The van der Waals surface area contributed by atoms with E-state index in [0.29, 0.717) is 13.0 Å². The normalized spacial score (nSPS) is 20.8. The van der Waals surface area contributed by atoms with Crippen molar-refractivity contribution in [2.75, 3.05) is 7.11 Å². The van der Waals surface area contributed by atoms with Gasteiger partial charge in [-0.05, 0) is 24.1 Å². The number of carbonyl (C=O) groups is 1. The van der Waals surface area contributed by atoms with Crippen molar-refractivity contribution in [2.24, 2.45) is 5.92 Å². The molecule has 1 aromatic carbocycles. The first-order valence-electron chi connectivity index (χ1n) is 5.31. The summed E-state index contributed by atoms with van der Waals surface area (Å²) in [5.74, 6) is 0.390. The highest BCUT2D eigenvalue weighted by Crippen LogP contribution is 2.53. The maximum atomic E-state index is 11.6. The van der Waals surface area contributed by atoms with E-state index in [1.807, 2.05) is 24.3 Å². The van der Waals surface area contributed by atoms with E-state index in [0.717, 1.165) is 11.3 Å². The second-order valence-corrected chi connectivity index (χ2v) is 5.63. The summed E-state index contributed by atoms with van der Waals surface area (Å²) in [5, 5.41) is 2.80. The minimum Gasteiger partial charge on any atom is -0.497 e. The Morgan fingerprint density at radius 2 is 2.29 bits per heavy atom. The van der Waals surface area contributed by atoms with Crippen LogP contribution >= 0.6 is 23.2 Å². The Morgan fingerprint density at radius 1 is 1.59 bits per heavy atom. The van der Waals surface area contributed by atoms with Crippen molar-refractivity contribution in [3.63, 3.8) is 0 Å². The molecular weight excluding hydrogens is 261 g/mol. The Hall–Kier alpha value is -0.930. The molecule has 92 valence electrons. The van der Waals surface area contributed by atoms with Crippen molar-refractivity contribution in [1.82, 2.24) is 5.32 Å². The zero-order valence-corrected chi connectivity index (χ0v) is 10.9. The van der Waals surface area contributed by atoms with E-state index in [1.165, 1.54) is 0 Å². The molecule has 1 aliphatic rings. The summed E-state index contributed by atoms with van der Waals surface area (Å²) in [6, 6.07) is 7.53. The lowest BCUT2D eigenvalue weighted by Crippen LogP contribution is -2.26. The molecule has 1 fully saturated rings. The number of nitrogens with one attached hydrogen (secondary N) is 1. The van der Waals surface area contributed by atoms with Crippen LogP contribution < -0.4 is 10.1 Å². The fraction of sp³-hybridized carbons (Fsp3) is 0.417. The predicted octanol–water partition coefficient (Wildman–Crippen LogP) is 2.51. The average Bonchev–Trinajstić information content (AvgIpc) is 2.96. The van der Waals surface area contributed by atoms with Gasteiger partial charge in [0.05, 0.1) is 13.0 Å². The zero-order valence-electron chi connectivity index (χ0n) is 9.37. The van der Waals surface area contributed by atoms with E-state index in [1.54, 1.807) is 7.11 Å². The van der Waals surface area contributed by atoms with Gasteiger partial charge in [-0.2, -0.15) is 0 Å². The molecular formula is C12H13Cl2NO2. The van der Waals surface area contributed by atoms with Crippen LogP contribution in [0.3, 0.4) is 0 Å². The van der Waals surface area contributed by atoms with Gasteiger partial charge in [-0.3, -0.25) is 4.79 Å². The second kappa shape index (κ2) is 4.75. The van der Waals surface area contributed by atoms with Gasteiger partial charge in [0.25, 0.3) is 0 Å². The fourth-order valence-electron chi connectivity index (χ4n) is 1.59. The van der Waals surface area contributed by atoms with E-state index >= 15 is 0 Å². The summed E-state index contributed by atoms with van der Waals surface area (Å²) in [7, 11) is 1.61. The van der Waals surface area contributed by atoms with Crippen molar-refractivity contribution < 1.29 is 9.53 Å². The van der Waals surface area contributed by atoms with Gasteiger partial charge >= 0.3 is 0 Å². The van der Waals surface area contributed by atoms with E-state index in [-0.39, 0.29) is 11.8 Å². The van der Waals surface area contributed by atoms with Gasteiger partial charge in [-0.25, -0.2) is 0 Å². The topological polar surface area (TPSA) is 38.3 Å². The van der Waals surface area contributed by atoms with Crippen LogP contribution in [0, 0.1) is 5.92 Å². The third kappa shape index (κ3) is 3.05. The molecule has 1 N–H and O–H groups in total. The molecule has 1 saturated carbocycles. The predicted molar refractivity (Wildman–Crippen MR) is 67.4 cm³/mol. The molecule has 1 atom stereocenters. The summed E-state index contributed by atoms with van der Waals surface area (Å²) in [6.07, 6.45) is 0.528. The first kappa shape index (κ1) is 12.5. The summed E-state index contributed by atoms with van der Waals surface area (Å²) in [5.41, 5.74) is 0.980. The van der Waals surface area contributed by atoms with E-state index in [4.69, 9.17) is 27.9 Å². The lowest BCUT2D eigenvalue weighted by atomic mass is 10.2. The highest BCUT2D eigenvalue weighted by molar-refractivity contribution is 6.52. The number of halogens is 2. The number of benzene rings is 1. The first-order chi connectivity index (χ1) is 8.03. The molecule has 0 heterocycles. The van der Waals surface area contributed by atoms with E-state index in [9.17, 15) is 4.79 Å². The molecule has 1 aromatic rings.